The summed E-state index contributed by atoms with van der Waals surface area (Å²) in [5, 5.41) is 28.0. The van der Waals surface area contributed by atoms with E-state index >= 15 is 0 Å². The first-order chi connectivity index (χ1) is 11.4. The maximum Gasteiger partial charge on any atom is 0.360 e. The Morgan fingerprint density at radius 3 is 2.54 bits per heavy atom. The van der Waals surface area contributed by atoms with Crippen LogP contribution in [0.25, 0.3) is 21.8 Å². The lowest BCUT2D eigenvalue weighted by molar-refractivity contribution is -0.384. The molecule has 3 rings (SSSR count). The van der Waals surface area contributed by atoms with Crippen molar-refractivity contribution in [3.63, 3.8) is 0 Å². The number of aromatic carboxylic acids is 1. The van der Waals surface area contributed by atoms with Crippen molar-refractivity contribution in [1.29, 1.82) is 0 Å². The van der Waals surface area contributed by atoms with E-state index in [0.29, 0.717) is 10.9 Å². The quantitative estimate of drug-likeness (QED) is 0.433. The average molecular weight is 330 g/mol. The van der Waals surface area contributed by atoms with Gasteiger partial charge in [0.15, 0.2) is 11.4 Å². The van der Waals surface area contributed by atoms with Crippen LogP contribution in [0.15, 0.2) is 18.2 Å². The number of nitro groups is 1. The Balaban J connectivity index is 2.57. The molecule has 0 aliphatic heterocycles. The van der Waals surface area contributed by atoms with Gasteiger partial charge in [0, 0.05) is 35.5 Å². The highest BCUT2D eigenvalue weighted by molar-refractivity contribution is 6.19. The minimum absolute atomic E-state index is 0.0964. The molecule has 0 bridgehead atoms. The molecule has 2 aromatic heterocycles. The second-order valence-electron chi connectivity index (χ2n) is 4.94. The van der Waals surface area contributed by atoms with E-state index in [1.807, 2.05) is 0 Å². The Kier molecular flexibility index (Phi) is 3.36. The predicted molar refractivity (Wildman–Crippen MR) is 81.0 cm³/mol. The van der Waals surface area contributed by atoms with Gasteiger partial charge in [-0.3, -0.25) is 10.1 Å². The summed E-state index contributed by atoms with van der Waals surface area (Å²) in [6.07, 6.45) is 0. The Bertz CT molecular complexity index is 1040. The maximum atomic E-state index is 11.9. The third-order valence-corrected chi connectivity index (χ3v) is 3.69. The SMILES string of the molecule is COC(=O)c1nnc(C(=O)O)c2c3cc([N+](=O)[O-])ccc3n(C)c12. The van der Waals surface area contributed by atoms with Gasteiger partial charge in [-0.1, -0.05) is 0 Å². The van der Waals surface area contributed by atoms with Crippen molar-refractivity contribution in [1.82, 2.24) is 14.8 Å². The van der Waals surface area contributed by atoms with Crippen LogP contribution in [0, 0.1) is 10.1 Å². The van der Waals surface area contributed by atoms with Gasteiger partial charge in [-0.2, -0.15) is 0 Å². The number of nitrogens with zero attached hydrogens (tertiary/aromatic N) is 4. The standard InChI is InChI=1S/C14H10N4O6/c1-17-8-4-3-6(18(22)23)5-7(8)9-10(13(19)20)15-16-11(12(9)17)14(21)24-2/h3-5H,1-2H3,(H,19,20). The first kappa shape index (κ1) is 15.3. The minimum Gasteiger partial charge on any atom is -0.476 e. The average Bonchev–Trinajstić information content (AvgIpc) is 2.86. The summed E-state index contributed by atoms with van der Waals surface area (Å²) in [6, 6.07) is 4.01. The monoisotopic (exact) mass is 330 g/mol. The van der Waals surface area contributed by atoms with Crippen molar-refractivity contribution >= 4 is 39.4 Å². The molecular formula is C14H10N4O6. The summed E-state index contributed by atoms with van der Waals surface area (Å²) >= 11 is 0. The van der Waals surface area contributed by atoms with Crippen LogP contribution in [0.5, 0.6) is 0 Å². The second kappa shape index (κ2) is 5.26. The van der Waals surface area contributed by atoms with Gasteiger partial charge in [0.2, 0.25) is 0 Å². The van der Waals surface area contributed by atoms with Crippen molar-refractivity contribution in [2.45, 2.75) is 0 Å². The van der Waals surface area contributed by atoms with Crippen molar-refractivity contribution in [2.24, 2.45) is 7.05 Å². The highest BCUT2D eigenvalue weighted by Crippen LogP contribution is 2.33. The summed E-state index contributed by atoms with van der Waals surface area (Å²) in [4.78, 5) is 33.8. The first-order valence-electron chi connectivity index (χ1n) is 6.61. The molecular weight excluding hydrogens is 320 g/mol. The number of carboxylic acid groups (broad SMARTS) is 1. The molecule has 0 saturated heterocycles. The van der Waals surface area contributed by atoms with Gasteiger partial charge in [-0.25, -0.2) is 9.59 Å². The topological polar surface area (TPSA) is 137 Å². The molecule has 0 spiro atoms. The van der Waals surface area contributed by atoms with Crippen molar-refractivity contribution in [3.05, 3.63) is 39.7 Å². The number of ether oxygens (including phenoxy) is 1. The van der Waals surface area contributed by atoms with E-state index in [4.69, 9.17) is 0 Å². The van der Waals surface area contributed by atoms with Crippen LogP contribution in [0.2, 0.25) is 0 Å². The number of esters is 1. The largest absolute Gasteiger partial charge is 0.476 e. The fourth-order valence-corrected chi connectivity index (χ4v) is 2.64. The molecule has 2 heterocycles. The van der Waals surface area contributed by atoms with Gasteiger partial charge in [0.05, 0.1) is 17.5 Å². The van der Waals surface area contributed by atoms with E-state index in [-0.39, 0.29) is 22.3 Å². The van der Waals surface area contributed by atoms with E-state index in [1.54, 1.807) is 7.05 Å². The van der Waals surface area contributed by atoms with Gasteiger partial charge < -0.3 is 14.4 Å². The highest BCUT2D eigenvalue weighted by Gasteiger charge is 2.26. The van der Waals surface area contributed by atoms with Gasteiger partial charge in [-0.05, 0) is 6.07 Å². The Hall–Kier alpha value is -3.56. The molecule has 0 saturated carbocycles. The third-order valence-electron chi connectivity index (χ3n) is 3.69. The van der Waals surface area contributed by atoms with Crippen molar-refractivity contribution in [2.75, 3.05) is 7.11 Å². The summed E-state index contributed by atoms with van der Waals surface area (Å²) in [5.41, 5.74) is -0.0897. The Morgan fingerprint density at radius 2 is 1.96 bits per heavy atom. The van der Waals surface area contributed by atoms with Crippen LogP contribution in [0.1, 0.15) is 21.0 Å². The van der Waals surface area contributed by atoms with E-state index in [2.05, 4.69) is 14.9 Å². The lowest BCUT2D eigenvalue weighted by Crippen LogP contribution is -2.12. The van der Waals surface area contributed by atoms with Gasteiger partial charge >= 0.3 is 11.9 Å². The molecule has 0 unspecified atom stereocenters. The van der Waals surface area contributed by atoms with Crippen LogP contribution in [-0.4, -0.2) is 43.8 Å². The molecule has 0 atom stereocenters. The zero-order valence-corrected chi connectivity index (χ0v) is 12.5. The fraction of sp³-hybridized carbons (Fsp3) is 0.143. The van der Waals surface area contributed by atoms with Crippen LogP contribution in [0.4, 0.5) is 5.69 Å². The molecule has 0 fully saturated rings. The number of hydrogen-bond acceptors (Lipinski definition) is 7. The maximum absolute atomic E-state index is 11.9. The number of non-ortho nitro benzene ring substituents is 1. The Labute approximate surface area is 133 Å². The van der Waals surface area contributed by atoms with Crippen molar-refractivity contribution in [3.8, 4) is 0 Å². The zero-order valence-electron chi connectivity index (χ0n) is 12.5. The van der Waals surface area contributed by atoms with Gasteiger partial charge in [0.25, 0.3) is 5.69 Å². The summed E-state index contributed by atoms with van der Waals surface area (Å²) < 4.78 is 6.18. The molecule has 24 heavy (non-hydrogen) atoms. The molecule has 0 aliphatic rings. The molecule has 1 aromatic carbocycles. The molecule has 0 aliphatic carbocycles. The number of aryl methyl sites for hydroxylation is 1. The van der Waals surface area contributed by atoms with Crippen molar-refractivity contribution < 1.29 is 24.4 Å². The van der Waals surface area contributed by atoms with Crippen LogP contribution in [0.3, 0.4) is 0 Å². The third kappa shape index (κ3) is 2.04. The summed E-state index contributed by atoms with van der Waals surface area (Å²) in [5.74, 6) is -2.15. The molecule has 0 radical (unpaired) electrons. The number of carboxylic acids is 1. The Morgan fingerprint density at radius 1 is 1.29 bits per heavy atom. The number of fused-ring (bicyclic) bond motifs is 3. The lowest BCUT2D eigenvalue weighted by atomic mass is 10.1. The lowest BCUT2D eigenvalue weighted by Gasteiger charge is -2.04. The van der Waals surface area contributed by atoms with Crippen LogP contribution >= 0.6 is 0 Å². The molecule has 0 amide bonds. The van der Waals surface area contributed by atoms with Crippen LogP contribution in [-0.2, 0) is 11.8 Å². The predicted octanol–water partition coefficient (Wildman–Crippen LogP) is 1.51. The first-order valence-corrected chi connectivity index (χ1v) is 6.61. The summed E-state index contributed by atoms with van der Waals surface area (Å²) in [6.45, 7) is 0. The van der Waals surface area contributed by atoms with Gasteiger partial charge in [0.1, 0.15) is 0 Å². The molecule has 122 valence electrons. The van der Waals surface area contributed by atoms with E-state index < -0.39 is 22.6 Å². The molecule has 10 nitrogen and oxygen atoms in total. The van der Waals surface area contributed by atoms with E-state index in [1.165, 1.54) is 22.8 Å². The normalized spacial score (nSPS) is 10.9. The van der Waals surface area contributed by atoms with E-state index in [0.717, 1.165) is 7.11 Å². The van der Waals surface area contributed by atoms with Crippen LogP contribution < -0.4 is 0 Å². The summed E-state index contributed by atoms with van der Waals surface area (Å²) in [7, 11) is 2.75. The van der Waals surface area contributed by atoms with E-state index in [9.17, 15) is 24.8 Å². The highest BCUT2D eigenvalue weighted by atomic mass is 16.6. The number of aromatic nitrogens is 3. The number of carbonyl (C=O) groups excluding carboxylic acids is 1. The molecule has 10 heteroatoms. The smallest absolute Gasteiger partial charge is 0.360 e. The number of methoxy groups -OCH3 is 1. The van der Waals surface area contributed by atoms with Gasteiger partial charge in [-0.15, -0.1) is 10.2 Å². The number of hydrogen-bond donors (Lipinski definition) is 1. The number of benzene rings is 1. The minimum atomic E-state index is -1.36. The zero-order chi connectivity index (χ0) is 17.6. The number of nitro benzene ring substituents is 1. The number of rotatable bonds is 3. The molecule has 1 N–H and O–H groups in total. The second-order valence-corrected chi connectivity index (χ2v) is 4.94. The number of carbonyl (C=O) groups is 2. The fourth-order valence-electron chi connectivity index (χ4n) is 2.64. The molecule has 3 aromatic rings.